The van der Waals surface area contributed by atoms with Crippen LogP contribution in [0.2, 0.25) is 0 Å². The van der Waals surface area contributed by atoms with E-state index in [4.69, 9.17) is 0 Å². The lowest BCUT2D eigenvalue weighted by Gasteiger charge is -2.38. The van der Waals surface area contributed by atoms with E-state index in [1.807, 2.05) is 0 Å². The van der Waals surface area contributed by atoms with Gasteiger partial charge < -0.3 is 16.9 Å². The largest absolute Gasteiger partial charge is 1.00 e. The van der Waals surface area contributed by atoms with E-state index in [0.717, 1.165) is 4.48 Å². The van der Waals surface area contributed by atoms with Crippen LogP contribution < -0.4 is 12.4 Å². The monoisotopic (exact) mass is 241 g/mol. The van der Waals surface area contributed by atoms with E-state index < -0.39 is 0 Å². The maximum Gasteiger partial charge on any atom is 0.0900 e. The maximum absolute atomic E-state index is 2.36. The summed E-state index contributed by atoms with van der Waals surface area (Å²) in [4.78, 5) is 0. The van der Waals surface area contributed by atoms with Crippen LogP contribution >= 0.6 is 0 Å². The van der Waals surface area contributed by atoms with Gasteiger partial charge in [-0.2, -0.15) is 0 Å². The van der Waals surface area contributed by atoms with Gasteiger partial charge in [0, 0.05) is 6.42 Å². The minimum atomic E-state index is 0. The molecule has 1 nitrogen and oxygen atoms in total. The number of hydrogen-bond donors (Lipinski definition) is 0. The van der Waals surface area contributed by atoms with Gasteiger partial charge in [0.05, 0.1) is 26.2 Å². The molecule has 0 aliphatic rings. The van der Waals surface area contributed by atoms with Crippen molar-refractivity contribution in [3.63, 3.8) is 0 Å². The second kappa shape index (κ2) is 6.93. The van der Waals surface area contributed by atoms with E-state index >= 15 is 0 Å². The Morgan fingerprint density at radius 2 is 1.56 bits per heavy atom. The fourth-order valence-corrected chi connectivity index (χ4v) is 2.02. The van der Waals surface area contributed by atoms with Crippen molar-refractivity contribution in [1.82, 2.24) is 0 Å². The first-order chi connectivity index (χ1) is 7.12. The van der Waals surface area contributed by atoms with Gasteiger partial charge in [0.1, 0.15) is 0 Å². The van der Waals surface area contributed by atoms with Crippen molar-refractivity contribution in [2.45, 2.75) is 33.2 Å². The molecule has 0 aliphatic heterocycles. The Morgan fingerprint density at radius 3 is 2.00 bits per heavy atom. The highest BCUT2D eigenvalue weighted by molar-refractivity contribution is 5.15. The molecule has 16 heavy (non-hydrogen) atoms. The van der Waals surface area contributed by atoms with E-state index in [9.17, 15) is 0 Å². The Balaban J connectivity index is 0.00000225. The third-order valence-electron chi connectivity index (χ3n) is 3.88. The molecule has 1 aromatic rings. The number of hydrogen-bond acceptors (Lipinski definition) is 0. The van der Waals surface area contributed by atoms with Crippen LogP contribution in [0.4, 0.5) is 0 Å². The lowest BCUT2D eigenvalue weighted by atomic mass is 10.0. The summed E-state index contributed by atoms with van der Waals surface area (Å²) in [6.45, 7) is 9.35. The Kier molecular flexibility index (Phi) is 6.70. The third kappa shape index (κ3) is 3.80. The van der Waals surface area contributed by atoms with Gasteiger partial charge in [-0.3, -0.25) is 0 Å². The number of nitrogens with zero attached hydrogens (tertiary/aromatic N) is 1. The first-order valence-corrected chi connectivity index (χ1v) is 6.00. The molecule has 0 saturated heterocycles. The summed E-state index contributed by atoms with van der Waals surface area (Å²) in [6, 6.07) is 11.5. The number of benzene rings is 1. The van der Waals surface area contributed by atoms with Crippen LogP contribution in [0.15, 0.2) is 30.3 Å². The summed E-state index contributed by atoms with van der Waals surface area (Å²) in [5, 5.41) is 0. The molecular formula is C14H24ClN. The van der Waals surface area contributed by atoms with Gasteiger partial charge in [0.15, 0.2) is 0 Å². The molecule has 0 N–H and O–H groups in total. The molecule has 0 saturated carbocycles. The summed E-state index contributed by atoms with van der Waals surface area (Å²) in [7, 11) is 2.35. The first-order valence-electron chi connectivity index (χ1n) is 6.00. The molecule has 1 atom stereocenters. The molecule has 0 bridgehead atoms. The molecule has 0 aliphatic carbocycles. The minimum absolute atomic E-state index is 0. The highest BCUT2D eigenvalue weighted by Gasteiger charge is 2.24. The van der Waals surface area contributed by atoms with Crippen LogP contribution in [-0.2, 0) is 6.42 Å². The predicted octanol–water partition coefficient (Wildman–Crippen LogP) is 0.108. The molecule has 0 radical (unpaired) electrons. The Morgan fingerprint density at radius 1 is 1.06 bits per heavy atom. The smallest absolute Gasteiger partial charge is 0.0900 e. The first kappa shape index (κ1) is 15.5. The fourth-order valence-electron chi connectivity index (χ4n) is 2.02. The molecule has 2 heteroatoms. The van der Waals surface area contributed by atoms with Crippen molar-refractivity contribution in [2.75, 3.05) is 20.1 Å². The fraction of sp³-hybridized carbons (Fsp3) is 0.571. The summed E-state index contributed by atoms with van der Waals surface area (Å²) in [5.74, 6) is 0. The highest BCUT2D eigenvalue weighted by atomic mass is 35.5. The second-order valence-electron chi connectivity index (χ2n) is 4.65. The van der Waals surface area contributed by atoms with Crippen LogP contribution in [0.3, 0.4) is 0 Å². The topological polar surface area (TPSA) is 0 Å². The van der Waals surface area contributed by atoms with Gasteiger partial charge in [-0.1, -0.05) is 30.3 Å². The quantitative estimate of drug-likeness (QED) is 0.642. The van der Waals surface area contributed by atoms with E-state index in [1.54, 1.807) is 0 Å². The van der Waals surface area contributed by atoms with Crippen molar-refractivity contribution in [3.05, 3.63) is 35.9 Å². The van der Waals surface area contributed by atoms with Crippen molar-refractivity contribution in [3.8, 4) is 0 Å². The summed E-state index contributed by atoms with van der Waals surface area (Å²) < 4.78 is 1.16. The van der Waals surface area contributed by atoms with E-state index in [2.05, 4.69) is 58.2 Å². The second-order valence-corrected chi connectivity index (χ2v) is 4.65. The molecule has 1 rings (SSSR count). The summed E-state index contributed by atoms with van der Waals surface area (Å²) in [5.41, 5.74) is 1.45. The summed E-state index contributed by atoms with van der Waals surface area (Å²) >= 11 is 0. The van der Waals surface area contributed by atoms with E-state index in [0.29, 0.717) is 6.04 Å². The zero-order chi connectivity index (χ0) is 11.3. The number of quaternary nitrogens is 1. The van der Waals surface area contributed by atoms with Gasteiger partial charge in [-0.25, -0.2) is 0 Å². The molecule has 0 aromatic heterocycles. The van der Waals surface area contributed by atoms with Crippen molar-refractivity contribution in [2.24, 2.45) is 0 Å². The van der Waals surface area contributed by atoms with Gasteiger partial charge in [0.25, 0.3) is 0 Å². The highest BCUT2D eigenvalue weighted by Crippen LogP contribution is 2.14. The van der Waals surface area contributed by atoms with Crippen LogP contribution in [-0.4, -0.2) is 30.7 Å². The van der Waals surface area contributed by atoms with Crippen LogP contribution in [0.25, 0.3) is 0 Å². The lowest BCUT2D eigenvalue weighted by molar-refractivity contribution is -0.928. The lowest BCUT2D eigenvalue weighted by Crippen LogP contribution is -3.00. The SMILES string of the molecule is CC[N+](C)(CC)C(C)Cc1ccccc1.[Cl-]. The van der Waals surface area contributed by atoms with E-state index in [-0.39, 0.29) is 12.4 Å². The standard InChI is InChI=1S/C14H24N.ClH/c1-5-15(4,6-2)13(3)12-14-10-8-7-9-11-14;/h7-11,13H,5-6,12H2,1-4H3;1H/q+1;/p-1. The van der Waals surface area contributed by atoms with Crippen molar-refractivity contribution >= 4 is 0 Å². The molecule has 0 heterocycles. The van der Waals surface area contributed by atoms with E-state index in [1.165, 1.54) is 25.1 Å². The van der Waals surface area contributed by atoms with Crippen molar-refractivity contribution in [1.29, 1.82) is 0 Å². The Hall–Kier alpha value is -0.530. The van der Waals surface area contributed by atoms with Gasteiger partial charge in [-0.05, 0) is 26.3 Å². The third-order valence-corrected chi connectivity index (χ3v) is 3.88. The molecular weight excluding hydrogens is 218 g/mol. The number of likely N-dealkylation sites (N-methyl/N-ethyl adjacent to an activating group) is 1. The maximum atomic E-state index is 2.36. The van der Waals surface area contributed by atoms with Crippen LogP contribution in [0.5, 0.6) is 0 Å². The van der Waals surface area contributed by atoms with Gasteiger partial charge in [-0.15, -0.1) is 0 Å². The Bertz CT molecular complexity index is 280. The number of rotatable bonds is 5. The number of halogens is 1. The van der Waals surface area contributed by atoms with Gasteiger partial charge >= 0.3 is 0 Å². The van der Waals surface area contributed by atoms with Crippen LogP contribution in [0, 0.1) is 0 Å². The molecule has 92 valence electrons. The molecule has 0 spiro atoms. The molecule has 1 unspecified atom stereocenters. The average molecular weight is 242 g/mol. The zero-order valence-electron chi connectivity index (χ0n) is 10.9. The minimum Gasteiger partial charge on any atom is -1.00 e. The normalized spacial score (nSPS) is 13.0. The molecule has 0 amide bonds. The van der Waals surface area contributed by atoms with Crippen molar-refractivity contribution < 1.29 is 16.9 Å². The summed E-state index contributed by atoms with van der Waals surface area (Å²) in [6.07, 6.45) is 1.18. The molecule has 0 fully saturated rings. The molecule has 1 aromatic carbocycles. The van der Waals surface area contributed by atoms with Crippen LogP contribution in [0.1, 0.15) is 26.3 Å². The predicted molar refractivity (Wildman–Crippen MR) is 66.9 cm³/mol. The Labute approximate surface area is 106 Å². The zero-order valence-corrected chi connectivity index (χ0v) is 11.7. The average Bonchev–Trinajstić information content (AvgIpc) is 2.29. The van der Waals surface area contributed by atoms with Gasteiger partial charge in [0.2, 0.25) is 0 Å².